The summed E-state index contributed by atoms with van der Waals surface area (Å²) in [5, 5.41) is -0.241. The number of fused-ring (bicyclic) bond motifs is 5. The van der Waals surface area contributed by atoms with Gasteiger partial charge in [-0.25, -0.2) is 4.90 Å². The molecule has 2 fully saturated rings. The minimum atomic E-state index is -1.94. The molecule has 4 nitrogen and oxygen atoms in total. The zero-order valence-corrected chi connectivity index (χ0v) is 17.4. The molecule has 1 heterocycles. The van der Waals surface area contributed by atoms with Gasteiger partial charge < -0.3 is 4.74 Å². The van der Waals surface area contributed by atoms with E-state index in [4.69, 9.17) is 74.3 Å². The smallest absolute Gasteiger partial charge is 0.240 e. The SMILES string of the molecule is COc1ccccc1N1C(=O)[C@H]2[C@H](C1=O)[C@@]1(Cl)C(Cl)=C(Cl)[C@@]2(Cl)C1(Cl)Cl. The molecule has 26 heavy (non-hydrogen) atoms. The Morgan fingerprint density at radius 3 is 1.85 bits per heavy atom. The van der Waals surface area contributed by atoms with Gasteiger partial charge in [-0.05, 0) is 12.1 Å². The average Bonchev–Trinajstić information content (AvgIpc) is 2.99. The summed E-state index contributed by atoms with van der Waals surface area (Å²) >= 11 is 38.7. The number of carbonyl (C=O) groups is 2. The minimum absolute atomic E-state index is 0.120. The number of imide groups is 1. The lowest BCUT2D eigenvalue weighted by Crippen LogP contribution is -2.50. The summed E-state index contributed by atoms with van der Waals surface area (Å²) in [4.78, 5) is 23.8. The molecule has 1 aliphatic heterocycles. The maximum absolute atomic E-state index is 13.2. The molecule has 2 amide bonds. The number of anilines is 1. The van der Waals surface area contributed by atoms with E-state index in [-0.39, 0.29) is 15.8 Å². The van der Waals surface area contributed by atoms with Crippen molar-refractivity contribution in [3.8, 4) is 5.75 Å². The molecule has 0 aromatic heterocycles. The standard InChI is InChI=1S/C16H9Cl6NO3/c1-26-7-5-3-2-4-6(7)23-12(24)8-9(13(23)25)15(20)11(18)10(17)14(8,19)16(15,21)22/h2-5,8-9H,1H3/t8-,9-,14-,15-/m1/s1. The van der Waals surface area contributed by atoms with E-state index in [1.54, 1.807) is 24.3 Å². The van der Waals surface area contributed by atoms with Crippen molar-refractivity contribution in [3.63, 3.8) is 0 Å². The van der Waals surface area contributed by atoms with Gasteiger partial charge >= 0.3 is 0 Å². The van der Waals surface area contributed by atoms with Gasteiger partial charge in [0.05, 0.1) is 34.7 Å². The molecule has 0 spiro atoms. The molecule has 2 aliphatic carbocycles. The van der Waals surface area contributed by atoms with Crippen LogP contribution < -0.4 is 9.64 Å². The van der Waals surface area contributed by atoms with Crippen molar-refractivity contribution >= 4 is 87.1 Å². The second kappa shape index (κ2) is 5.59. The first-order valence-electron chi connectivity index (χ1n) is 7.39. The highest BCUT2D eigenvalue weighted by Gasteiger charge is 2.87. The van der Waals surface area contributed by atoms with E-state index in [1.807, 2.05) is 0 Å². The Balaban J connectivity index is 1.93. The Labute approximate surface area is 178 Å². The highest BCUT2D eigenvalue weighted by atomic mass is 35.5. The molecule has 1 aromatic carbocycles. The molecule has 0 N–H and O–H groups in total. The van der Waals surface area contributed by atoms with Crippen LogP contribution in [-0.2, 0) is 9.59 Å². The second-order valence-electron chi connectivity index (χ2n) is 6.26. The number of nitrogens with zero attached hydrogens (tertiary/aromatic N) is 1. The summed E-state index contributed by atoms with van der Waals surface area (Å²) in [6, 6.07) is 6.57. The summed E-state index contributed by atoms with van der Waals surface area (Å²) in [6.07, 6.45) is 0. The molecule has 1 saturated heterocycles. The molecule has 1 aromatic rings. The maximum atomic E-state index is 13.2. The molecule has 3 aliphatic rings. The lowest BCUT2D eigenvalue weighted by Gasteiger charge is -2.34. The number of amides is 2. The number of hydrogen-bond acceptors (Lipinski definition) is 3. The minimum Gasteiger partial charge on any atom is -0.495 e. The summed E-state index contributed by atoms with van der Waals surface area (Å²) < 4.78 is 3.31. The highest BCUT2D eigenvalue weighted by Crippen LogP contribution is 2.77. The van der Waals surface area contributed by atoms with Crippen LogP contribution in [0.5, 0.6) is 5.75 Å². The molecule has 0 unspecified atom stereocenters. The Hall–Kier alpha value is -0.360. The first kappa shape index (κ1) is 19.0. The third-order valence-corrected chi connectivity index (χ3v) is 9.49. The average molecular weight is 476 g/mol. The van der Waals surface area contributed by atoms with Crippen LogP contribution in [-0.4, -0.2) is 33.0 Å². The Kier molecular flexibility index (Phi) is 4.08. The van der Waals surface area contributed by atoms with Crippen LogP contribution in [0, 0.1) is 11.8 Å². The van der Waals surface area contributed by atoms with Crippen LogP contribution in [0.1, 0.15) is 0 Å². The third-order valence-electron chi connectivity index (χ3n) is 5.23. The van der Waals surface area contributed by atoms with Crippen molar-refractivity contribution in [1.82, 2.24) is 0 Å². The Morgan fingerprint density at radius 2 is 1.38 bits per heavy atom. The number of carbonyl (C=O) groups excluding carboxylic acids is 2. The van der Waals surface area contributed by atoms with Crippen LogP contribution >= 0.6 is 69.6 Å². The lowest BCUT2D eigenvalue weighted by atomic mass is 9.84. The highest BCUT2D eigenvalue weighted by molar-refractivity contribution is 6.67. The van der Waals surface area contributed by atoms with E-state index in [0.29, 0.717) is 5.75 Å². The molecular weight excluding hydrogens is 467 g/mol. The molecule has 2 bridgehead atoms. The zero-order chi connectivity index (χ0) is 19.2. The van der Waals surface area contributed by atoms with Gasteiger partial charge in [0.25, 0.3) is 0 Å². The number of benzene rings is 1. The van der Waals surface area contributed by atoms with Crippen LogP contribution in [0.4, 0.5) is 5.69 Å². The van der Waals surface area contributed by atoms with Crippen molar-refractivity contribution in [2.75, 3.05) is 12.0 Å². The fourth-order valence-corrected chi connectivity index (χ4v) is 6.98. The molecule has 4 rings (SSSR count). The second-order valence-corrected chi connectivity index (χ2v) is 9.54. The van der Waals surface area contributed by atoms with Crippen molar-refractivity contribution in [1.29, 1.82) is 0 Å². The lowest BCUT2D eigenvalue weighted by molar-refractivity contribution is -0.123. The number of alkyl halides is 4. The van der Waals surface area contributed by atoms with E-state index in [0.717, 1.165) is 4.90 Å². The van der Waals surface area contributed by atoms with E-state index < -0.39 is 37.7 Å². The summed E-state index contributed by atoms with van der Waals surface area (Å²) in [7, 11) is 1.43. The van der Waals surface area contributed by atoms with Gasteiger partial charge in [-0.3, -0.25) is 9.59 Å². The molecule has 0 radical (unpaired) electrons. The predicted octanol–water partition coefficient (Wildman–Crippen LogP) is 4.65. The van der Waals surface area contributed by atoms with Gasteiger partial charge in [-0.2, -0.15) is 0 Å². The van der Waals surface area contributed by atoms with E-state index in [1.165, 1.54) is 7.11 Å². The van der Waals surface area contributed by atoms with Gasteiger partial charge in [0, 0.05) is 0 Å². The normalized spacial score (nSPS) is 37.6. The number of hydrogen-bond donors (Lipinski definition) is 0. The fourth-order valence-electron chi connectivity index (χ4n) is 4.05. The number of rotatable bonds is 2. The van der Waals surface area contributed by atoms with Gasteiger partial charge in [0.1, 0.15) is 15.5 Å². The molecular formula is C16H9Cl6NO3. The van der Waals surface area contributed by atoms with Crippen LogP contribution in [0.3, 0.4) is 0 Å². The molecule has 138 valence electrons. The molecule has 1 saturated carbocycles. The summed E-state index contributed by atoms with van der Waals surface area (Å²) in [6.45, 7) is 0. The van der Waals surface area contributed by atoms with Crippen molar-refractivity contribution in [3.05, 3.63) is 34.3 Å². The number of para-hydroxylation sites is 2. The monoisotopic (exact) mass is 473 g/mol. The van der Waals surface area contributed by atoms with Crippen molar-refractivity contribution < 1.29 is 14.3 Å². The van der Waals surface area contributed by atoms with E-state index in [9.17, 15) is 9.59 Å². The van der Waals surface area contributed by atoms with Crippen LogP contribution in [0.25, 0.3) is 0 Å². The number of methoxy groups -OCH3 is 1. The van der Waals surface area contributed by atoms with Crippen LogP contribution in [0.15, 0.2) is 34.3 Å². The van der Waals surface area contributed by atoms with Gasteiger partial charge in [-0.1, -0.05) is 58.5 Å². The largest absolute Gasteiger partial charge is 0.495 e. The third kappa shape index (κ3) is 1.77. The number of halogens is 6. The number of allylic oxidation sites excluding steroid dienone is 2. The predicted molar refractivity (Wildman–Crippen MR) is 103 cm³/mol. The first-order valence-corrected chi connectivity index (χ1v) is 9.66. The molecule has 4 atom stereocenters. The fraction of sp³-hybridized carbons (Fsp3) is 0.375. The quantitative estimate of drug-likeness (QED) is 0.462. The van der Waals surface area contributed by atoms with Crippen LogP contribution in [0.2, 0.25) is 0 Å². The molecule has 10 heteroatoms. The first-order chi connectivity index (χ1) is 12.1. The van der Waals surface area contributed by atoms with E-state index >= 15 is 0 Å². The summed E-state index contributed by atoms with van der Waals surface area (Å²) in [5.41, 5.74) is 0.265. The number of ether oxygens (including phenoxy) is 1. The van der Waals surface area contributed by atoms with Gasteiger partial charge in [-0.15, -0.1) is 23.2 Å². The van der Waals surface area contributed by atoms with Crippen molar-refractivity contribution in [2.24, 2.45) is 11.8 Å². The van der Waals surface area contributed by atoms with Gasteiger partial charge in [0.2, 0.25) is 11.8 Å². The Bertz CT molecular complexity index is 856. The maximum Gasteiger partial charge on any atom is 0.240 e. The van der Waals surface area contributed by atoms with E-state index in [2.05, 4.69) is 0 Å². The van der Waals surface area contributed by atoms with Crippen molar-refractivity contribution in [2.45, 2.75) is 14.1 Å². The topological polar surface area (TPSA) is 46.6 Å². The zero-order valence-electron chi connectivity index (χ0n) is 12.9. The summed E-state index contributed by atoms with van der Waals surface area (Å²) in [5.74, 6) is -3.22. The van der Waals surface area contributed by atoms with Gasteiger partial charge in [0.15, 0.2) is 4.33 Å². The Morgan fingerprint density at radius 1 is 0.923 bits per heavy atom.